The summed E-state index contributed by atoms with van der Waals surface area (Å²) in [6.07, 6.45) is 0.757. The zero-order valence-corrected chi connectivity index (χ0v) is 17.1. The molecule has 0 aliphatic rings. The molecule has 0 saturated carbocycles. The Morgan fingerprint density at radius 1 is 1.17 bits per heavy atom. The Balaban J connectivity index is 1.68. The summed E-state index contributed by atoms with van der Waals surface area (Å²) in [5.74, 6) is 0.00867. The Labute approximate surface area is 172 Å². The van der Waals surface area contributed by atoms with Crippen molar-refractivity contribution in [2.24, 2.45) is 0 Å². The van der Waals surface area contributed by atoms with E-state index in [0.717, 1.165) is 23.2 Å². The van der Waals surface area contributed by atoms with E-state index in [4.69, 9.17) is 0 Å². The van der Waals surface area contributed by atoms with Crippen LogP contribution in [0, 0.1) is 12.7 Å². The molecule has 5 nitrogen and oxygen atoms in total. The highest BCUT2D eigenvalue weighted by molar-refractivity contribution is 7.98. The van der Waals surface area contributed by atoms with Crippen molar-refractivity contribution < 1.29 is 9.18 Å². The van der Waals surface area contributed by atoms with Gasteiger partial charge in [-0.2, -0.15) is 0 Å². The number of thioether (sulfide) groups is 1. The van der Waals surface area contributed by atoms with E-state index >= 15 is 0 Å². The van der Waals surface area contributed by atoms with Gasteiger partial charge in [0.25, 0.3) is 5.56 Å². The van der Waals surface area contributed by atoms with E-state index in [-0.39, 0.29) is 23.7 Å². The molecule has 0 atom stereocenters. The minimum absolute atomic E-state index is 0.0465. The molecule has 0 bridgehead atoms. The Hall–Kier alpha value is -2.93. The van der Waals surface area contributed by atoms with Crippen LogP contribution in [0.1, 0.15) is 29.3 Å². The van der Waals surface area contributed by atoms with Crippen LogP contribution in [0.4, 0.5) is 10.1 Å². The molecule has 0 aliphatic carbocycles. The highest BCUT2D eigenvalue weighted by Crippen LogP contribution is 2.20. The van der Waals surface area contributed by atoms with Gasteiger partial charge in [0.05, 0.1) is 6.42 Å². The fraction of sp³-hybridized carbons (Fsp3) is 0.227. The maximum Gasteiger partial charge on any atom is 0.255 e. The van der Waals surface area contributed by atoms with E-state index in [1.54, 1.807) is 19.1 Å². The molecule has 0 fully saturated rings. The third kappa shape index (κ3) is 5.54. The number of hydrogen-bond donors (Lipinski definition) is 2. The number of carbonyl (C=O) groups is 1. The quantitative estimate of drug-likeness (QED) is 0.450. The van der Waals surface area contributed by atoms with Crippen molar-refractivity contribution in [2.45, 2.75) is 37.6 Å². The minimum Gasteiger partial charge on any atom is -0.326 e. The van der Waals surface area contributed by atoms with Gasteiger partial charge in [0, 0.05) is 22.7 Å². The molecule has 2 N–H and O–H groups in total. The van der Waals surface area contributed by atoms with Gasteiger partial charge < -0.3 is 10.3 Å². The standard InChI is InChI=1S/C22H22FN3O2S/c1-3-16-6-4-5-7-19(16)25-20(27)12-18-14(2)24-22(26-21(18)28)29-13-15-8-10-17(23)11-9-15/h4-11H,3,12-13H2,1-2H3,(H,25,27)(H,24,26,28). The number of halogens is 1. The number of nitrogens with one attached hydrogen (secondary N) is 2. The molecule has 1 aromatic heterocycles. The van der Waals surface area contributed by atoms with Gasteiger partial charge in [-0.1, -0.05) is 49.0 Å². The summed E-state index contributed by atoms with van der Waals surface area (Å²) in [5, 5.41) is 3.34. The van der Waals surface area contributed by atoms with Crippen LogP contribution in [0.2, 0.25) is 0 Å². The number of amides is 1. The average molecular weight is 412 g/mol. The minimum atomic E-state index is -0.321. The van der Waals surface area contributed by atoms with E-state index in [1.807, 2.05) is 31.2 Å². The van der Waals surface area contributed by atoms with Crippen LogP contribution in [-0.4, -0.2) is 15.9 Å². The van der Waals surface area contributed by atoms with Crippen LogP contribution < -0.4 is 10.9 Å². The molecule has 29 heavy (non-hydrogen) atoms. The number of aryl methyl sites for hydroxylation is 2. The summed E-state index contributed by atoms with van der Waals surface area (Å²) in [7, 11) is 0. The second-order valence-electron chi connectivity index (χ2n) is 6.59. The van der Waals surface area contributed by atoms with Crippen molar-refractivity contribution in [2.75, 3.05) is 5.32 Å². The van der Waals surface area contributed by atoms with Crippen molar-refractivity contribution in [3.8, 4) is 0 Å². The first-order valence-corrected chi connectivity index (χ1v) is 10.3. The first-order chi connectivity index (χ1) is 14.0. The zero-order chi connectivity index (χ0) is 20.8. The fourth-order valence-electron chi connectivity index (χ4n) is 2.90. The molecule has 0 unspecified atom stereocenters. The van der Waals surface area contributed by atoms with Crippen LogP contribution in [-0.2, 0) is 23.4 Å². The molecule has 1 heterocycles. The number of nitrogens with zero attached hydrogens (tertiary/aromatic N) is 1. The lowest BCUT2D eigenvalue weighted by Crippen LogP contribution is -2.24. The third-order valence-electron chi connectivity index (χ3n) is 4.50. The van der Waals surface area contributed by atoms with Crippen molar-refractivity contribution in [3.63, 3.8) is 0 Å². The topological polar surface area (TPSA) is 74.8 Å². The van der Waals surface area contributed by atoms with Gasteiger partial charge in [0.15, 0.2) is 5.16 Å². The van der Waals surface area contributed by atoms with Gasteiger partial charge in [0.1, 0.15) is 5.82 Å². The molecular formula is C22H22FN3O2S. The summed E-state index contributed by atoms with van der Waals surface area (Å²) < 4.78 is 13.0. The molecule has 7 heteroatoms. The smallest absolute Gasteiger partial charge is 0.255 e. The summed E-state index contributed by atoms with van der Waals surface area (Å²) in [6.45, 7) is 3.74. The molecule has 0 saturated heterocycles. The predicted molar refractivity (Wildman–Crippen MR) is 114 cm³/mol. The Bertz CT molecular complexity index is 1060. The lowest BCUT2D eigenvalue weighted by Gasteiger charge is -2.11. The fourth-order valence-corrected chi connectivity index (χ4v) is 3.76. The van der Waals surface area contributed by atoms with E-state index in [2.05, 4.69) is 15.3 Å². The Kier molecular flexibility index (Phi) is 6.82. The maximum atomic E-state index is 13.0. The predicted octanol–water partition coefficient (Wildman–Crippen LogP) is 4.25. The molecular weight excluding hydrogens is 389 g/mol. The third-order valence-corrected chi connectivity index (χ3v) is 5.44. The maximum absolute atomic E-state index is 13.0. The number of hydrogen-bond acceptors (Lipinski definition) is 4. The lowest BCUT2D eigenvalue weighted by molar-refractivity contribution is -0.115. The van der Waals surface area contributed by atoms with Crippen molar-refractivity contribution in [3.05, 3.63) is 87.1 Å². The average Bonchev–Trinajstić information content (AvgIpc) is 2.71. The van der Waals surface area contributed by atoms with Crippen molar-refractivity contribution in [1.82, 2.24) is 9.97 Å². The number of H-pyrrole nitrogens is 1. The first-order valence-electron chi connectivity index (χ1n) is 9.31. The molecule has 0 spiro atoms. The molecule has 0 radical (unpaired) electrons. The van der Waals surface area contributed by atoms with Crippen LogP contribution in [0.25, 0.3) is 0 Å². The number of rotatable bonds is 7. The first kappa shape index (κ1) is 20.8. The highest BCUT2D eigenvalue weighted by Gasteiger charge is 2.14. The van der Waals surface area contributed by atoms with Crippen molar-refractivity contribution in [1.29, 1.82) is 0 Å². The zero-order valence-electron chi connectivity index (χ0n) is 16.3. The Morgan fingerprint density at radius 2 is 1.90 bits per heavy atom. The monoisotopic (exact) mass is 411 g/mol. The van der Waals surface area contributed by atoms with Crippen LogP contribution in [0.5, 0.6) is 0 Å². The van der Waals surface area contributed by atoms with Gasteiger partial charge >= 0.3 is 0 Å². The van der Waals surface area contributed by atoms with Gasteiger partial charge in [-0.25, -0.2) is 9.37 Å². The number of anilines is 1. The molecule has 3 aromatic rings. The second kappa shape index (κ2) is 9.52. The van der Waals surface area contributed by atoms with Crippen LogP contribution >= 0.6 is 11.8 Å². The van der Waals surface area contributed by atoms with E-state index < -0.39 is 0 Å². The van der Waals surface area contributed by atoms with E-state index in [1.165, 1.54) is 23.9 Å². The van der Waals surface area contributed by atoms with Gasteiger partial charge in [-0.05, 0) is 42.7 Å². The summed E-state index contributed by atoms with van der Waals surface area (Å²) in [6, 6.07) is 13.8. The van der Waals surface area contributed by atoms with Crippen LogP contribution in [0.15, 0.2) is 58.5 Å². The number of para-hydroxylation sites is 1. The van der Waals surface area contributed by atoms with Crippen molar-refractivity contribution >= 4 is 23.4 Å². The summed E-state index contributed by atoms with van der Waals surface area (Å²) >= 11 is 1.35. The SMILES string of the molecule is CCc1ccccc1NC(=O)Cc1c(C)nc(SCc2ccc(F)cc2)[nH]c1=O. The van der Waals surface area contributed by atoms with E-state index in [9.17, 15) is 14.0 Å². The van der Waals surface area contributed by atoms with Gasteiger partial charge in [-0.15, -0.1) is 0 Å². The normalized spacial score (nSPS) is 10.7. The largest absolute Gasteiger partial charge is 0.326 e. The molecule has 0 aliphatic heterocycles. The lowest BCUT2D eigenvalue weighted by atomic mass is 10.1. The number of benzene rings is 2. The number of aromatic nitrogens is 2. The Morgan fingerprint density at radius 3 is 2.59 bits per heavy atom. The van der Waals surface area contributed by atoms with Gasteiger partial charge in [-0.3, -0.25) is 9.59 Å². The highest BCUT2D eigenvalue weighted by atomic mass is 32.2. The molecule has 2 aromatic carbocycles. The number of aromatic amines is 1. The summed E-state index contributed by atoms with van der Waals surface area (Å²) in [4.78, 5) is 32.1. The van der Waals surface area contributed by atoms with E-state index in [0.29, 0.717) is 22.2 Å². The number of carbonyl (C=O) groups excluding carboxylic acids is 1. The molecule has 150 valence electrons. The van der Waals surface area contributed by atoms with Gasteiger partial charge in [0.2, 0.25) is 5.91 Å². The second-order valence-corrected chi connectivity index (χ2v) is 7.55. The summed E-state index contributed by atoms with van der Waals surface area (Å²) in [5.41, 5.74) is 3.27. The molecule has 3 rings (SSSR count). The van der Waals surface area contributed by atoms with Crippen LogP contribution in [0.3, 0.4) is 0 Å². The molecule has 1 amide bonds.